The standard InChI is InChI=1S/C12H14F3N3OS/c13-12(14,15)8-1-11(20-6-8)4-18-3-10(17-7-18)2-9(16)5-19/h1,3,6-7,9,19H,2,4-5,16H2/t9-/m0/s1. The summed E-state index contributed by atoms with van der Waals surface area (Å²) < 4.78 is 39.1. The largest absolute Gasteiger partial charge is 0.417 e. The first-order valence-electron chi connectivity index (χ1n) is 5.90. The third-order valence-electron chi connectivity index (χ3n) is 2.71. The van der Waals surface area contributed by atoms with Crippen LogP contribution in [0, 0.1) is 0 Å². The van der Waals surface area contributed by atoms with Crippen LogP contribution in [0.3, 0.4) is 0 Å². The van der Waals surface area contributed by atoms with E-state index in [1.807, 2.05) is 0 Å². The van der Waals surface area contributed by atoms with Gasteiger partial charge in [-0.25, -0.2) is 4.98 Å². The maximum Gasteiger partial charge on any atom is 0.417 e. The third kappa shape index (κ3) is 3.81. The zero-order chi connectivity index (χ0) is 14.8. The van der Waals surface area contributed by atoms with Crippen LogP contribution in [0.4, 0.5) is 13.2 Å². The number of halogens is 3. The fraction of sp³-hybridized carbons (Fsp3) is 0.417. The molecule has 0 spiro atoms. The average molecular weight is 305 g/mol. The topological polar surface area (TPSA) is 64.1 Å². The molecule has 0 aromatic carbocycles. The van der Waals surface area contributed by atoms with Gasteiger partial charge in [0.25, 0.3) is 0 Å². The number of imidazole rings is 1. The number of aromatic nitrogens is 2. The molecule has 2 heterocycles. The number of nitrogens with two attached hydrogens (primary N) is 1. The van der Waals surface area contributed by atoms with Crippen molar-refractivity contribution in [2.45, 2.75) is 25.2 Å². The second kappa shape index (κ2) is 5.94. The molecule has 0 saturated carbocycles. The van der Waals surface area contributed by atoms with E-state index in [4.69, 9.17) is 10.8 Å². The van der Waals surface area contributed by atoms with Gasteiger partial charge in [-0.3, -0.25) is 0 Å². The summed E-state index contributed by atoms with van der Waals surface area (Å²) in [6.45, 7) is 0.203. The van der Waals surface area contributed by atoms with Gasteiger partial charge < -0.3 is 15.4 Å². The van der Waals surface area contributed by atoms with Gasteiger partial charge in [-0.15, -0.1) is 11.3 Å². The van der Waals surface area contributed by atoms with Gasteiger partial charge in [0.15, 0.2) is 0 Å². The highest BCUT2D eigenvalue weighted by molar-refractivity contribution is 7.10. The minimum atomic E-state index is -4.30. The van der Waals surface area contributed by atoms with Crippen LogP contribution in [0.1, 0.15) is 16.1 Å². The van der Waals surface area contributed by atoms with Gasteiger partial charge in [0.2, 0.25) is 0 Å². The van der Waals surface area contributed by atoms with Crippen LogP contribution < -0.4 is 5.73 Å². The number of alkyl halides is 3. The fourth-order valence-corrected chi connectivity index (χ4v) is 2.62. The SMILES string of the molecule is N[C@H](CO)Cc1cn(Cc2cc(C(F)(F)F)cs2)cn1. The van der Waals surface area contributed by atoms with Crippen molar-refractivity contribution in [3.05, 3.63) is 40.1 Å². The fourth-order valence-electron chi connectivity index (χ4n) is 1.72. The lowest BCUT2D eigenvalue weighted by molar-refractivity contribution is -0.137. The molecule has 0 aliphatic carbocycles. The maximum absolute atomic E-state index is 12.5. The Morgan fingerprint density at radius 1 is 1.45 bits per heavy atom. The molecule has 0 radical (unpaired) electrons. The van der Waals surface area contributed by atoms with Crippen molar-refractivity contribution in [3.8, 4) is 0 Å². The van der Waals surface area contributed by atoms with Crippen LogP contribution in [0.5, 0.6) is 0 Å². The van der Waals surface area contributed by atoms with Crippen LogP contribution in [0.2, 0.25) is 0 Å². The molecule has 2 rings (SSSR count). The van der Waals surface area contributed by atoms with Gasteiger partial charge in [-0.05, 0) is 6.07 Å². The lowest BCUT2D eigenvalue weighted by Crippen LogP contribution is -2.26. The van der Waals surface area contributed by atoms with E-state index in [9.17, 15) is 13.2 Å². The summed E-state index contributed by atoms with van der Waals surface area (Å²) in [5, 5.41) is 9.96. The van der Waals surface area contributed by atoms with Crippen molar-refractivity contribution in [2.24, 2.45) is 5.73 Å². The smallest absolute Gasteiger partial charge is 0.395 e. The molecular weight excluding hydrogens is 291 g/mol. The molecule has 4 nitrogen and oxygen atoms in total. The summed E-state index contributed by atoms with van der Waals surface area (Å²) in [5.74, 6) is 0. The first-order chi connectivity index (χ1) is 9.38. The Labute approximate surface area is 117 Å². The molecular formula is C12H14F3N3OS. The number of thiophene rings is 1. The van der Waals surface area contributed by atoms with Gasteiger partial charge in [-0.1, -0.05) is 0 Å². The van der Waals surface area contributed by atoms with Crippen molar-refractivity contribution in [1.82, 2.24) is 9.55 Å². The summed E-state index contributed by atoms with van der Waals surface area (Å²) in [4.78, 5) is 4.71. The van der Waals surface area contributed by atoms with E-state index in [1.54, 1.807) is 17.1 Å². The molecule has 0 saturated heterocycles. The van der Waals surface area contributed by atoms with E-state index in [0.717, 1.165) is 22.8 Å². The van der Waals surface area contributed by atoms with E-state index in [0.29, 0.717) is 23.5 Å². The summed E-state index contributed by atoms with van der Waals surface area (Å²) in [5.41, 5.74) is 5.68. The zero-order valence-electron chi connectivity index (χ0n) is 10.5. The number of nitrogens with zero attached hydrogens (tertiary/aromatic N) is 2. The number of rotatable bonds is 5. The molecule has 110 valence electrons. The van der Waals surface area contributed by atoms with E-state index >= 15 is 0 Å². The second-order valence-corrected chi connectivity index (χ2v) is 5.48. The Kier molecular flexibility index (Phi) is 4.46. The van der Waals surface area contributed by atoms with Gasteiger partial charge in [0.1, 0.15) is 0 Å². The highest BCUT2D eigenvalue weighted by Gasteiger charge is 2.31. The number of hydrogen-bond acceptors (Lipinski definition) is 4. The molecule has 0 amide bonds. The van der Waals surface area contributed by atoms with Crippen molar-refractivity contribution < 1.29 is 18.3 Å². The maximum atomic E-state index is 12.5. The first-order valence-corrected chi connectivity index (χ1v) is 6.78. The van der Waals surface area contributed by atoms with E-state index in [1.165, 1.54) is 0 Å². The number of hydrogen-bond donors (Lipinski definition) is 2. The molecule has 2 aromatic rings. The summed E-state index contributed by atoms with van der Waals surface area (Å²) in [7, 11) is 0. The van der Waals surface area contributed by atoms with Crippen LogP contribution >= 0.6 is 11.3 Å². The average Bonchev–Trinajstić information content (AvgIpc) is 2.98. The molecule has 3 N–H and O–H groups in total. The minimum absolute atomic E-state index is 0.132. The summed E-state index contributed by atoms with van der Waals surface area (Å²) >= 11 is 1.07. The van der Waals surface area contributed by atoms with Gasteiger partial charge in [-0.2, -0.15) is 13.2 Å². The minimum Gasteiger partial charge on any atom is -0.395 e. The Balaban J connectivity index is 2.02. The highest BCUT2D eigenvalue weighted by atomic mass is 32.1. The molecule has 0 unspecified atom stereocenters. The molecule has 0 fully saturated rings. The van der Waals surface area contributed by atoms with Crippen LogP contribution in [-0.4, -0.2) is 27.3 Å². The van der Waals surface area contributed by atoms with Crippen molar-refractivity contribution in [2.75, 3.05) is 6.61 Å². The Morgan fingerprint density at radius 3 is 2.80 bits per heavy atom. The summed E-state index contributed by atoms with van der Waals surface area (Å²) in [6.07, 6.45) is -0.598. The summed E-state index contributed by atoms with van der Waals surface area (Å²) in [6, 6.07) is 0.765. The van der Waals surface area contributed by atoms with Crippen LogP contribution in [-0.2, 0) is 19.1 Å². The van der Waals surface area contributed by atoms with E-state index < -0.39 is 11.7 Å². The van der Waals surface area contributed by atoms with Crippen molar-refractivity contribution >= 4 is 11.3 Å². The molecule has 1 atom stereocenters. The Hall–Kier alpha value is -1.38. The number of aliphatic hydroxyl groups is 1. The molecule has 2 aromatic heterocycles. The predicted octanol–water partition coefficient (Wildman–Crippen LogP) is 1.87. The van der Waals surface area contributed by atoms with E-state index in [2.05, 4.69) is 4.98 Å². The molecule has 8 heteroatoms. The third-order valence-corrected chi connectivity index (χ3v) is 3.63. The molecule has 20 heavy (non-hydrogen) atoms. The van der Waals surface area contributed by atoms with E-state index in [-0.39, 0.29) is 12.6 Å². The van der Waals surface area contributed by atoms with Crippen molar-refractivity contribution in [3.63, 3.8) is 0 Å². The van der Waals surface area contributed by atoms with Crippen molar-refractivity contribution in [1.29, 1.82) is 0 Å². The number of aliphatic hydroxyl groups excluding tert-OH is 1. The molecule has 0 aliphatic heterocycles. The lowest BCUT2D eigenvalue weighted by atomic mass is 10.2. The highest BCUT2D eigenvalue weighted by Crippen LogP contribution is 2.32. The second-order valence-electron chi connectivity index (χ2n) is 4.48. The van der Waals surface area contributed by atoms with Gasteiger partial charge in [0, 0.05) is 28.9 Å². The Morgan fingerprint density at radius 2 is 2.20 bits per heavy atom. The van der Waals surface area contributed by atoms with Crippen LogP contribution in [0.25, 0.3) is 0 Å². The normalized spacial score (nSPS) is 13.7. The van der Waals surface area contributed by atoms with Gasteiger partial charge >= 0.3 is 6.18 Å². The first kappa shape index (κ1) is 15.0. The van der Waals surface area contributed by atoms with Crippen LogP contribution in [0.15, 0.2) is 24.0 Å². The molecule has 0 aliphatic rings. The quantitative estimate of drug-likeness (QED) is 0.886. The molecule has 0 bridgehead atoms. The van der Waals surface area contributed by atoms with Gasteiger partial charge in [0.05, 0.1) is 30.7 Å². The zero-order valence-corrected chi connectivity index (χ0v) is 11.3. The lowest BCUT2D eigenvalue weighted by Gasteiger charge is -2.04. The monoisotopic (exact) mass is 305 g/mol. The predicted molar refractivity (Wildman–Crippen MR) is 69.4 cm³/mol. The Bertz CT molecular complexity index is 564.